The molecule has 0 radical (unpaired) electrons. The molecule has 2 atom stereocenters. The Balaban J connectivity index is 2.12. The fourth-order valence-electron chi connectivity index (χ4n) is 1.63. The molecule has 0 saturated carbocycles. The number of hydrogen-bond donors (Lipinski definition) is 1. The third-order valence-corrected chi connectivity index (χ3v) is 3.59. The minimum absolute atomic E-state index is 0.0688. The van der Waals surface area contributed by atoms with Gasteiger partial charge in [0.2, 0.25) is 11.0 Å². The Bertz CT molecular complexity index is 408. The van der Waals surface area contributed by atoms with Crippen molar-refractivity contribution in [2.45, 2.75) is 38.1 Å². The van der Waals surface area contributed by atoms with Gasteiger partial charge in [-0.25, -0.2) is 0 Å². The summed E-state index contributed by atoms with van der Waals surface area (Å²) in [6.07, 6.45) is -3.83. The predicted octanol–water partition coefficient (Wildman–Crippen LogP) is 2.54. The smallest absolute Gasteiger partial charge is 0.376 e. The van der Waals surface area contributed by atoms with E-state index in [-0.39, 0.29) is 16.8 Å². The van der Waals surface area contributed by atoms with Crippen molar-refractivity contribution in [2.75, 3.05) is 11.9 Å². The Morgan fingerprint density at radius 2 is 2.24 bits per heavy atom. The van der Waals surface area contributed by atoms with E-state index in [1.54, 1.807) is 0 Å². The van der Waals surface area contributed by atoms with Crippen molar-refractivity contribution in [1.29, 1.82) is 0 Å². The van der Waals surface area contributed by atoms with E-state index in [0.29, 0.717) is 18.1 Å². The van der Waals surface area contributed by atoms with E-state index in [9.17, 15) is 13.2 Å². The molecule has 2 unspecified atom stereocenters. The number of anilines is 1. The third kappa shape index (κ3) is 2.52. The van der Waals surface area contributed by atoms with Crippen LogP contribution in [0.4, 0.5) is 18.3 Å². The fourth-order valence-corrected chi connectivity index (χ4v) is 2.36. The van der Waals surface area contributed by atoms with E-state index in [1.165, 1.54) is 0 Å². The minimum Gasteiger partial charge on any atom is -0.376 e. The summed E-state index contributed by atoms with van der Waals surface area (Å²) in [6.45, 7) is 4.38. The first-order chi connectivity index (χ1) is 7.81. The maximum absolute atomic E-state index is 12.3. The Hall–Kier alpha value is -0.890. The highest BCUT2D eigenvalue weighted by molar-refractivity contribution is 7.09. The van der Waals surface area contributed by atoms with Crippen LogP contribution in [-0.4, -0.2) is 27.6 Å². The van der Waals surface area contributed by atoms with Crippen molar-refractivity contribution in [3.8, 4) is 0 Å². The van der Waals surface area contributed by atoms with Crippen LogP contribution in [0, 0.1) is 0 Å². The van der Waals surface area contributed by atoms with E-state index in [2.05, 4.69) is 14.7 Å². The second-order valence-electron chi connectivity index (χ2n) is 4.23. The topological polar surface area (TPSA) is 47.0 Å². The molecule has 4 nitrogen and oxygen atoms in total. The molecule has 8 heteroatoms. The first kappa shape index (κ1) is 12.6. The third-order valence-electron chi connectivity index (χ3n) is 2.96. The molecule has 1 aromatic heterocycles. The molecule has 17 heavy (non-hydrogen) atoms. The summed E-state index contributed by atoms with van der Waals surface area (Å²) in [5.41, 5.74) is -0.387. The van der Waals surface area contributed by atoms with Gasteiger partial charge in [0.1, 0.15) is 0 Å². The highest BCUT2D eigenvalue weighted by Gasteiger charge is 2.40. The van der Waals surface area contributed by atoms with Gasteiger partial charge < -0.3 is 10.1 Å². The normalized spacial score (nSPS) is 29.6. The minimum atomic E-state index is -4.49. The summed E-state index contributed by atoms with van der Waals surface area (Å²) in [5, 5.41) is 3.16. The Morgan fingerprint density at radius 1 is 1.53 bits per heavy atom. The maximum atomic E-state index is 12.3. The van der Waals surface area contributed by atoms with E-state index in [0.717, 1.165) is 6.42 Å². The summed E-state index contributed by atoms with van der Waals surface area (Å²) >= 11 is 0.716. The number of halogens is 3. The molecule has 0 spiro atoms. The van der Waals surface area contributed by atoms with Crippen molar-refractivity contribution in [1.82, 2.24) is 9.36 Å². The SMILES string of the molecule is CC1OCCC1(C)Nc1nc(C(F)(F)F)ns1. The molecule has 1 aromatic rings. The zero-order chi connectivity index (χ0) is 12.7. The molecular formula is C9H12F3N3OS. The van der Waals surface area contributed by atoms with Crippen LogP contribution >= 0.6 is 11.5 Å². The summed E-state index contributed by atoms with van der Waals surface area (Å²) in [4.78, 5) is 3.44. The lowest BCUT2D eigenvalue weighted by Crippen LogP contribution is -2.41. The Labute approximate surface area is 100 Å². The van der Waals surface area contributed by atoms with Gasteiger partial charge in [0.15, 0.2) is 0 Å². The molecule has 0 aliphatic carbocycles. The summed E-state index contributed by atoms with van der Waals surface area (Å²) < 4.78 is 45.6. The lowest BCUT2D eigenvalue weighted by molar-refractivity contribution is -0.144. The monoisotopic (exact) mass is 267 g/mol. The van der Waals surface area contributed by atoms with Crippen molar-refractivity contribution in [2.24, 2.45) is 0 Å². The summed E-state index contributed by atoms with van der Waals surface area (Å²) in [5.74, 6) is -1.10. The zero-order valence-electron chi connectivity index (χ0n) is 9.34. The van der Waals surface area contributed by atoms with Gasteiger partial charge in [-0.05, 0) is 20.3 Å². The number of ether oxygens (including phenoxy) is 1. The first-order valence-electron chi connectivity index (χ1n) is 5.12. The van der Waals surface area contributed by atoms with Gasteiger partial charge in [-0.15, -0.1) is 0 Å². The Kier molecular flexibility index (Phi) is 3.03. The Morgan fingerprint density at radius 3 is 2.71 bits per heavy atom. The average Bonchev–Trinajstić information content (AvgIpc) is 2.75. The molecule has 0 aromatic carbocycles. The standard InChI is InChI=1S/C9H12F3N3OS/c1-5-8(2,3-4-16-5)14-7-13-6(15-17-7)9(10,11)12/h5H,3-4H2,1-2H3,(H,13,14,15). The van der Waals surface area contributed by atoms with Gasteiger partial charge in [0, 0.05) is 18.1 Å². The molecular weight excluding hydrogens is 255 g/mol. The summed E-state index contributed by atoms with van der Waals surface area (Å²) in [6, 6.07) is 0. The van der Waals surface area contributed by atoms with E-state index in [4.69, 9.17) is 4.74 Å². The largest absolute Gasteiger partial charge is 0.452 e. The van der Waals surface area contributed by atoms with Crippen LogP contribution in [0.25, 0.3) is 0 Å². The molecule has 2 heterocycles. The van der Waals surface area contributed by atoms with Gasteiger partial charge in [0.05, 0.1) is 11.6 Å². The van der Waals surface area contributed by atoms with Crippen LogP contribution in [-0.2, 0) is 10.9 Å². The van der Waals surface area contributed by atoms with Crippen LogP contribution < -0.4 is 5.32 Å². The van der Waals surface area contributed by atoms with E-state index >= 15 is 0 Å². The molecule has 1 N–H and O–H groups in total. The van der Waals surface area contributed by atoms with Crippen molar-refractivity contribution >= 4 is 16.7 Å². The van der Waals surface area contributed by atoms with Crippen molar-refractivity contribution in [3.63, 3.8) is 0 Å². The fraction of sp³-hybridized carbons (Fsp3) is 0.778. The van der Waals surface area contributed by atoms with Gasteiger partial charge in [-0.2, -0.15) is 22.5 Å². The summed E-state index contributed by atoms with van der Waals surface area (Å²) in [7, 11) is 0. The number of nitrogens with one attached hydrogen (secondary N) is 1. The van der Waals surface area contributed by atoms with E-state index in [1.807, 2.05) is 13.8 Å². The molecule has 0 bridgehead atoms. The van der Waals surface area contributed by atoms with Gasteiger partial charge in [-0.1, -0.05) is 0 Å². The molecule has 2 rings (SSSR count). The molecule has 0 amide bonds. The molecule has 96 valence electrons. The molecule has 1 aliphatic rings. The van der Waals surface area contributed by atoms with Crippen molar-refractivity contribution < 1.29 is 17.9 Å². The van der Waals surface area contributed by atoms with Gasteiger partial charge >= 0.3 is 6.18 Å². The number of aromatic nitrogens is 2. The highest BCUT2D eigenvalue weighted by atomic mass is 32.1. The number of rotatable bonds is 2. The van der Waals surface area contributed by atoms with Crippen LogP contribution in [0.1, 0.15) is 26.1 Å². The molecule has 1 aliphatic heterocycles. The number of hydrogen-bond acceptors (Lipinski definition) is 5. The molecule has 1 saturated heterocycles. The highest BCUT2D eigenvalue weighted by Crippen LogP contribution is 2.33. The van der Waals surface area contributed by atoms with Crippen LogP contribution in [0.3, 0.4) is 0 Å². The van der Waals surface area contributed by atoms with E-state index < -0.39 is 12.0 Å². The second-order valence-corrected chi connectivity index (χ2v) is 4.98. The van der Waals surface area contributed by atoms with Gasteiger partial charge in [-0.3, -0.25) is 0 Å². The quantitative estimate of drug-likeness (QED) is 0.894. The predicted molar refractivity (Wildman–Crippen MR) is 57.0 cm³/mol. The van der Waals surface area contributed by atoms with Crippen LogP contribution in [0.15, 0.2) is 0 Å². The number of alkyl halides is 3. The van der Waals surface area contributed by atoms with Crippen LogP contribution in [0.5, 0.6) is 0 Å². The lowest BCUT2D eigenvalue weighted by atomic mass is 9.95. The molecule has 1 fully saturated rings. The van der Waals surface area contributed by atoms with Crippen molar-refractivity contribution in [3.05, 3.63) is 5.82 Å². The average molecular weight is 267 g/mol. The lowest BCUT2D eigenvalue weighted by Gasteiger charge is -2.28. The zero-order valence-corrected chi connectivity index (χ0v) is 10.2. The maximum Gasteiger partial charge on any atom is 0.452 e. The van der Waals surface area contributed by atoms with Crippen LogP contribution in [0.2, 0.25) is 0 Å². The second kappa shape index (κ2) is 4.09. The first-order valence-corrected chi connectivity index (χ1v) is 5.89. The number of nitrogens with zero attached hydrogens (tertiary/aromatic N) is 2. The van der Waals surface area contributed by atoms with Gasteiger partial charge in [0.25, 0.3) is 0 Å².